The van der Waals surface area contributed by atoms with Crippen LogP contribution in [0.25, 0.3) is 0 Å². The van der Waals surface area contributed by atoms with Crippen LogP contribution in [-0.4, -0.2) is 34.1 Å². The molecule has 0 bridgehead atoms. The van der Waals surface area contributed by atoms with E-state index < -0.39 is 0 Å². The van der Waals surface area contributed by atoms with Crippen molar-refractivity contribution in [2.45, 2.75) is 25.4 Å². The minimum atomic E-state index is 0.176. The van der Waals surface area contributed by atoms with Crippen LogP contribution in [0.3, 0.4) is 0 Å². The highest BCUT2D eigenvalue weighted by molar-refractivity contribution is 6.30. The number of ether oxygens (including phenoxy) is 1. The summed E-state index contributed by atoms with van der Waals surface area (Å²) < 4.78 is 5.75. The second-order valence-corrected chi connectivity index (χ2v) is 7.48. The Bertz CT molecular complexity index is 924. The number of aromatic nitrogens is 2. The molecule has 3 aromatic rings. The van der Waals surface area contributed by atoms with Crippen LogP contribution in [0.15, 0.2) is 60.7 Å². The number of H-pyrrole nitrogens is 1. The van der Waals surface area contributed by atoms with Gasteiger partial charge in [-0.1, -0.05) is 41.9 Å². The minimum absolute atomic E-state index is 0.176. The fourth-order valence-electron chi connectivity index (χ4n) is 3.46. The monoisotopic (exact) mass is 395 g/mol. The highest BCUT2D eigenvalue weighted by atomic mass is 35.5. The zero-order valence-electron chi connectivity index (χ0n) is 15.5. The molecule has 1 aromatic heterocycles. The first kappa shape index (κ1) is 18.6. The summed E-state index contributed by atoms with van der Waals surface area (Å²) in [6, 6.07) is 19.2. The van der Waals surface area contributed by atoms with E-state index in [4.69, 9.17) is 16.3 Å². The first-order valence-corrected chi connectivity index (χ1v) is 9.79. The Balaban J connectivity index is 1.30. The fourth-order valence-corrected chi connectivity index (χ4v) is 3.59. The smallest absolute Gasteiger partial charge is 0.227 e. The molecule has 1 atom stereocenters. The van der Waals surface area contributed by atoms with Gasteiger partial charge in [-0.25, -0.2) is 0 Å². The van der Waals surface area contributed by atoms with Crippen LogP contribution in [0.4, 0.5) is 0 Å². The molecule has 6 heteroatoms. The Labute approximate surface area is 169 Å². The summed E-state index contributed by atoms with van der Waals surface area (Å²) in [6.07, 6.45) is 1.39. The molecule has 1 fully saturated rings. The quantitative estimate of drug-likeness (QED) is 0.680. The summed E-state index contributed by atoms with van der Waals surface area (Å²) in [6.45, 7) is 1.91. The summed E-state index contributed by atoms with van der Waals surface area (Å²) in [5.41, 5.74) is 2.96. The molecule has 5 nitrogen and oxygen atoms in total. The first-order valence-electron chi connectivity index (χ1n) is 9.41. The molecule has 144 valence electrons. The first-order chi connectivity index (χ1) is 13.7. The maximum atomic E-state index is 12.5. The Morgan fingerprint density at radius 1 is 1.18 bits per heavy atom. The number of nitrogens with zero attached hydrogens (tertiary/aromatic N) is 2. The number of benzene rings is 2. The fraction of sp³-hybridized carbons (Fsp3) is 0.273. The highest BCUT2D eigenvalue weighted by Gasteiger charge is 2.28. The Hall–Kier alpha value is -2.79. The molecule has 2 heterocycles. The van der Waals surface area contributed by atoms with E-state index in [-0.39, 0.29) is 11.8 Å². The molecule has 1 saturated heterocycles. The molecule has 0 spiro atoms. The van der Waals surface area contributed by atoms with Crippen LogP contribution < -0.4 is 4.74 Å². The van der Waals surface area contributed by atoms with Crippen molar-refractivity contribution in [3.05, 3.63) is 82.6 Å². The van der Waals surface area contributed by atoms with Crippen LogP contribution in [0, 0.1) is 0 Å². The van der Waals surface area contributed by atoms with Crippen molar-refractivity contribution >= 4 is 17.5 Å². The van der Waals surface area contributed by atoms with E-state index in [9.17, 15) is 4.79 Å². The summed E-state index contributed by atoms with van der Waals surface area (Å²) in [5, 5.41) is 8.17. The molecule has 28 heavy (non-hydrogen) atoms. The second-order valence-electron chi connectivity index (χ2n) is 7.05. The van der Waals surface area contributed by atoms with Gasteiger partial charge in [-0.3, -0.25) is 9.89 Å². The van der Waals surface area contributed by atoms with Crippen molar-refractivity contribution < 1.29 is 9.53 Å². The van der Waals surface area contributed by atoms with Crippen molar-refractivity contribution in [1.29, 1.82) is 0 Å². The predicted molar refractivity (Wildman–Crippen MR) is 108 cm³/mol. The van der Waals surface area contributed by atoms with Crippen molar-refractivity contribution in [3.63, 3.8) is 0 Å². The van der Waals surface area contributed by atoms with Crippen LogP contribution in [0.2, 0.25) is 5.02 Å². The number of likely N-dealkylation sites (tertiary alicyclic amines) is 1. The molecule has 0 aliphatic carbocycles. The molecule has 0 saturated carbocycles. The molecular formula is C22H22ClN3O2. The number of carbonyl (C=O) groups is 1. The topological polar surface area (TPSA) is 58.2 Å². The summed E-state index contributed by atoms with van der Waals surface area (Å²) in [7, 11) is 0. The third kappa shape index (κ3) is 4.54. The summed E-state index contributed by atoms with van der Waals surface area (Å²) >= 11 is 5.88. The lowest BCUT2D eigenvalue weighted by Crippen LogP contribution is -2.29. The number of rotatable bonds is 6. The average molecular weight is 396 g/mol. The van der Waals surface area contributed by atoms with Gasteiger partial charge in [0.1, 0.15) is 12.4 Å². The van der Waals surface area contributed by atoms with Crippen LogP contribution in [0.5, 0.6) is 5.75 Å². The molecule has 0 unspecified atom stereocenters. The number of hydrogen-bond acceptors (Lipinski definition) is 3. The average Bonchev–Trinajstić information content (AvgIpc) is 3.38. The van der Waals surface area contributed by atoms with E-state index in [1.54, 1.807) is 12.1 Å². The van der Waals surface area contributed by atoms with Gasteiger partial charge in [-0.05, 0) is 42.3 Å². The third-order valence-electron chi connectivity index (χ3n) is 5.02. The number of aromatic amines is 1. The highest BCUT2D eigenvalue weighted by Crippen LogP contribution is 2.27. The molecule has 0 radical (unpaired) electrons. The van der Waals surface area contributed by atoms with Crippen LogP contribution in [-0.2, 0) is 17.8 Å². The predicted octanol–water partition coefficient (Wildman–Crippen LogP) is 4.20. The molecule has 2 aromatic carbocycles. The van der Waals surface area contributed by atoms with Crippen molar-refractivity contribution in [3.8, 4) is 5.75 Å². The normalized spacial score (nSPS) is 16.3. The lowest BCUT2D eigenvalue weighted by Gasteiger charge is -2.16. The Morgan fingerprint density at radius 3 is 2.75 bits per heavy atom. The molecule has 1 aliphatic heterocycles. The lowest BCUT2D eigenvalue weighted by molar-refractivity contribution is -0.129. The van der Waals surface area contributed by atoms with Gasteiger partial charge in [0.25, 0.3) is 0 Å². The van der Waals surface area contributed by atoms with Crippen molar-refractivity contribution in [1.82, 2.24) is 15.1 Å². The Kier molecular flexibility index (Phi) is 5.63. The number of halogens is 1. The Morgan fingerprint density at radius 2 is 1.96 bits per heavy atom. The molecule has 1 N–H and O–H groups in total. The van der Waals surface area contributed by atoms with E-state index in [0.717, 1.165) is 35.7 Å². The number of nitrogens with one attached hydrogen (secondary N) is 1. The van der Waals surface area contributed by atoms with Gasteiger partial charge in [0.05, 0.1) is 17.8 Å². The van der Waals surface area contributed by atoms with Gasteiger partial charge < -0.3 is 9.64 Å². The molecule has 4 rings (SSSR count). The van der Waals surface area contributed by atoms with E-state index in [2.05, 4.69) is 10.2 Å². The van der Waals surface area contributed by atoms with Crippen molar-refractivity contribution in [2.24, 2.45) is 0 Å². The van der Waals surface area contributed by atoms with Crippen LogP contribution >= 0.6 is 11.6 Å². The summed E-state index contributed by atoms with van der Waals surface area (Å²) in [4.78, 5) is 14.5. The second kappa shape index (κ2) is 8.48. The van der Waals surface area contributed by atoms with Gasteiger partial charge in [-0.2, -0.15) is 5.10 Å². The standard InChI is InChI=1S/C22H22ClN3O2/c23-18-6-8-20(9-7-18)28-15-19-13-21(25-24-19)17-10-11-26(14-17)22(27)12-16-4-2-1-3-5-16/h1-9,13,17H,10-12,14-15H2,(H,24,25)/t17-/m1/s1. The third-order valence-corrected chi connectivity index (χ3v) is 5.27. The molecular weight excluding hydrogens is 374 g/mol. The van der Waals surface area contributed by atoms with Gasteiger partial charge in [0, 0.05) is 24.0 Å². The van der Waals surface area contributed by atoms with Gasteiger partial charge in [0.2, 0.25) is 5.91 Å². The van der Waals surface area contributed by atoms with E-state index >= 15 is 0 Å². The van der Waals surface area contributed by atoms with Gasteiger partial charge >= 0.3 is 0 Å². The molecule has 1 aliphatic rings. The maximum absolute atomic E-state index is 12.5. The number of amides is 1. The van der Waals surface area contributed by atoms with Crippen molar-refractivity contribution in [2.75, 3.05) is 13.1 Å². The number of carbonyl (C=O) groups excluding carboxylic acids is 1. The summed E-state index contributed by atoms with van der Waals surface area (Å²) in [5.74, 6) is 1.20. The van der Waals surface area contributed by atoms with Crippen LogP contribution in [0.1, 0.15) is 29.3 Å². The van der Waals surface area contributed by atoms with E-state index in [0.29, 0.717) is 24.6 Å². The van der Waals surface area contributed by atoms with E-state index in [1.807, 2.05) is 53.4 Å². The van der Waals surface area contributed by atoms with Gasteiger partial charge in [0.15, 0.2) is 0 Å². The SMILES string of the molecule is O=C(Cc1ccccc1)N1CC[C@@H](c2cc(COc3ccc(Cl)cc3)[nH]n2)C1. The zero-order chi connectivity index (χ0) is 19.3. The zero-order valence-corrected chi connectivity index (χ0v) is 16.2. The number of hydrogen-bond donors (Lipinski definition) is 1. The van der Waals surface area contributed by atoms with Gasteiger partial charge in [-0.15, -0.1) is 0 Å². The largest absolute Gasteiger partial charge is 0.487 e. The molecule has 1 amide bonds. The lowest BCUT2D eigenvalue weighted by atomic mass is 10.1. The minimum Gasteiger partial charge on any atom is -0.487 e. The van der Waals surface area contributed by atoms with E-state index in [1.165, 1.54) is 0 Å². The maximum Gasteiger partial charge on any atom is 0.227 e.